The summed E-state index contributed by atoms with van der Waals surface area (Å²) in [4.78, 5) is 13.9. The molecule has 1 aliphatic heterocycles. The molecule has 0 atom stereocenters. The van der Waals surface area contributed by atoms with Crippen molar-refractivity contribution in [2.45, 2.75) is 26.2 Å². The largest absolute Gasteiger partial charge is 0.465 e. The zero-order valence-corrected chi connectivity index (χ0v) is 10.5. The third-order valence-corrected chi connectivity index (χ3v) is 3.34. The van der Waals surface area contributed by atoms with Crippen LogP contribution in [0.15, 0.2) is 18.2 Å². The zero-order chi connectivity index (χ0) is 12.3. The number of esters is 1. The fraction of sp³-hybridized carbons (Fsp3) is 0.500. The lowest BCUT2D eigenvalue weighted by Crippen LogP contribution is -2.29. The van der Waals surface area contributed by atoms with Crippen LogP contribution in [0.25, 0.3) is 0 Å². The van der Waals surface area contributed by atoms with Gasteiger partial charge in [0.2, 0.25) is 0 Å². The van der Waals surface area contributed by atoms with Crippen molar-refractivity contribution in [2.75, 3.05) is 25.1 Å². The Hall–Kier alpha value is -1.51. The van der Waals surface area contributed by atoms with Crippen molar-refractivity contribution in [1.29, 1.82) is 0 Å². The predicted molar refractivity (Wildman–Crippen MR) is 68.6 cm³/mol. The van der Waals surface area contributed by atoms with Crippen LogP contribution in [0, 0.1) is 6.92 Å². The lowest BCUT2D eigenvalue weighted by Gasteiger charge is -2.29. The van der Waals surface area contributed by atoms with Crippen LogP contribution in [0.5, 0.6) is 0 Å². The first-order chi connectivity index (χ1) is 8.22. The Balaban J connectivity index is 2.20. The molecule has 3 nitrogen and oxygen atoms in total. The Bertz CT molecular complexity index is 409. The highest BCUT2D eigenvalue weighted by Crippen LogP contribution is 2.23. The molecule has 0 bridgehead atoms. The number of aryl methyl sites for hydroxylation is 1. The summed E-state index contributed by atoms with van der Waals surface area (Å²) < 4.78 is 4.75. The minimum absolute atomic E-state index is 0.257. The van der Waals surface area contributed by atoms with E-state index in [2.05, 4.69) is 11.0 Å². The number of nitrogens with zero attached hydrogens (tertiary/aromatic N) is 1. The first kappa shape index (κ1) is 12.0. The van der Waals surface area contributed by atoms with Crippen molar-refractivity contribution in [2.24, 2.45) is 0 Å². The number of hydrogen-bond donors (Lipinski definition) is 0. The van der Waals surface area contributed by atoms with Gasteiger partial charge in [-0.05, 0) is 49.9 Å². The van der Waals surface area contributed by atoms with Gasteiger partial charge in [-0.15, -0.1) is 0 Å². The summed E-state index contributed by atoms with van der Waals surface area (Å²) >= 11 is 0. The predicted octanol–water partition coefficient (Wildman–Crippen LogP) is 2.77. The van der Waals surface area contributed by atoms with Gasteiger partial charge in [0.25, 0.3) is 0 Å². The SMILES string of the molecule is COC(=O)c1ccc(N2CCCCC2)cc1C. The molecule has 1 aromatic carbocycles. The van der Waals surface area contributed by atoms with Crippen molar-refractivity contribution >= 4 is 11.7 Å². The number of rotatable bonds is 2. The number of anilines is 1. The van der Waals surface area contributed by atoms with E-state index in [1.807, 2.05) is 19.1 Å². The summed E-state index contributed by atoms with van der Waals surface area (Å²) in [6, 6.07) is 5.97. The highest BCUT2D eigenvalue weighted by molar-refractivity contribution is 5.91. The number of ether oxygens (including phenoxy) is 1. The van der Waals surface area contributed by atoms with Crippen molar-refractivity contribution in [1.82, 2.24) is 0 Å². The molecular weight excluding hydrogens is 214 g/mol. The van der Waals surface area contributed by atoms with Gasteiger partial charge in [-0.2, -0.15) is 0 Å². The van der Waals surface area contributed by atoms with E-state index in [1.54, 1.807) is 0 Å². The van der Waals surface area contributed by atoms with Crippen LogP contribution in [0.2, 0.25) is 0 Å². The minimum atomic E-state index is -0.257. The molecule has 17 heavy (non-hydrogen) atoms. The van der Waals surface area contributed by atoms with Crippen LogP contribution in [0.4, 0.5) is 5.69 Å². The number of benzene rings is 1. The summed E-state index contributed by atoms with van der Waals surface area (Å²) in [6.07, 6.45) is 3.85. The van der Waals surface area contributed by atoms with E-state index in [9.17, 15) is 4.79 Å². The van der Waals surface area contributed by atoms with Crippen LogP contribution < -0.4 is 4.90 Å². The Morgan fingerprint density at radius 1 is 1.24 bits per heavy atom. The molecule has 1 aliphatic rings. The molecule has 0 aliphatic carbocycles. The molecule has 1 heterocycles. The van der Waals surface area contributed by atoms with E-state index in [-0.39, 0.29) is 5.97 Å². The van der Waals surface area contributed by atoms with Gasteiger partial charge in [0.15, 0.2) is 0 Å². The molecule has 0 N–H and O–H groups in total. The summed E-state index contributed by atoms with van der Waals surface area (Å²) in [5.74, 6) is -0.257. The van der Waals surface area contributed by atoms with Gasteiger partial charge in [-0.3, -0.25) is 0 Å². The number of methoxy groups -OCH3 is 1. The zero-order valence-electron chi connectivity index (χ0n) is 10.5. The van der Waals surface area contributed by atoms with Gasteiger partial charge in [0.1, 0.15) is 0 Å². The minimum Gasteiger partial charge on any atom is -0.465 e. The maximum atomic E-state index is 11.5. The lowest BCUT2D eigenvalue weighted by molar-refractivity contribution is 0.0600. The quantitative estimate of drug-likeness (QED) is 0.736. The van der Waals surface area contributed by atoms with E-state index in [0.717, 1.165) is 18.7 Å². The van der Waals surface area contributed by atoms with E-state index in [0.29, 0.717) is 5.56 Å². The second kappa shape index (κ2) is 5.21. The van der Waals surface area contributed by atoms with Crippen molar-refractivity contribution in [3.05, 3.63) is 29.3 Å². The third-order valence-electron chi connectivity index (χ3n) is 3.34. The molecule has 0 saturated carbocycles. The van der Waals surface area contributed by atoms with Gasteiger partial charge >= 0.3 is 5.97 Å². The monoisotopic (exact) mass is 233 g/mol. The maximum absolute atomic E-state index is 11.5. The van der Waals surface area contributed by atoms with Gasteiger partial charge in [-0.1, -0.05) is 0 Å². The second-order valence-electron chi connectivity index (χ2n) is 4.54. The van der Waals surface area contributed by atoms with Crippen molar-refractivity contribution in [3.8, 4) is 0 Å². The number of carbonyl (C=O) groups is 1. The Labute approximate surface area is 102 Å². The Morgan fingerprint density at radius 2 is 1.94 bits per heavy atom. The molecule has 0 amide bonds. The standard InChI is InChI=1S/C14H19NO2/c1-11-10-12(15-8-4-3-5-9-15)6-7-13(11)14(16)17-2/h6-7,10H,3-5,8-9H2,1-2H3. The molecule has 3 heteroatoms. The molecule has 1 fully saturated rings. The van der Waals surface area contributed by atoms with E-state index < -0.39 is 0 Å². The van der Waals surface area contributed by atoms with Gasteiger partial charge in [-0.25, -0.2) is 4.79 Å². The van der Waals surface area contributed by atoms with Crippen molar-refractivity contribution < 1.29 is 9.53 Å². The first-order valence-electron chi connectivity index (χ1n) is 6.16. The van der Waals surface area contributed by atoms with E-state index >= 15 is 0 Å². The summed E-state index contributed by atoms with van der Waals surface area (Å²) in [6.45, 7) is 4.20. The lowest BCUT2D eigenvalue weighted by atomic mass is 10.1. The number of carbonyl (C=O) groups excluding carboxylic acids is 1. The number of piperidine rings is 1. The number of hydrogen-bond acceptors (Lipinski definition) is 3. The fourth-order valence-corrected chi connectivity index (χ4v) is 2.34. The van der Waals surface area contributed by atoms with Crippen molar-refractivity contribution in [3.63, 3.8) is 0 Å². The molecule has 1 aromatic rings. The van der Waals surface area contributed by atoms with Crippen LogP contribution >= 0.6 is 0 Å². The third kappa shape index (κ3) is 2.60. The topological polar surface area (TPSA) is 29.5 Å². The van der Waals surface area contributed by atoms with Crippen LogP contribution in [-0.2, 0) is 4.74 Å². The average Bonchev–Trinajstić information content (AvgIpc) is 2.39. The second-order valence-corrected chi connectivity index (χ2v) is 4.54. The van der Waals surface area contributed by atoms with Gasteiger partial charge in [0.05, 0.1) is 12.7 Å². The molecule has 0 unspecified atom stereocenters. The summed E-state index contributed by atoms with van der Waals surface area (Å²) in [7, 11) is 1.42. The van der Waals surface area contributed by atoms with Crippen LogP contribution in [-0.4, -0.2) is 26.2 Å². The van der Waals surface area contributed by atoms with Gasteiger partial charge in [0, 0.05) is 18.8 Å². The highest BCUT2D eigenvalue weighted by atomic mass is 16.5. The normalized spacial score (nSPS) is 15.8. The average molecular weight is 233 g/mol. The van der Waals surface area contributed by atoms with E-state index in [4.69, 9.17) is 4.74 Å². The molecule has 92 valence electrons. The molecule has 1 saturated heterocycles. The molecule has 0 spiro atoms. The maximum Gasteiger partial charge on any atom is 0.338 e. The smallest absolute Gasteiger partial charge is 0.338 e. The summed E-state index contributed by atoms with van der Waals surface area (Å²) in [5.41, 5.74) is 2.86. The molecule has 2 rings (SSSR count). The Morgan fingerprint density at radius 3 is 2.53 bits per heavy atom. The van der Waals surface area contributed by atoms with Crippen LogP contribution in [0.3, 0.4) is 0 Å². The fourth-order valence-electron chi connectivity index (χ4n) is 2.34. The molecule has 0 aromatic heterocycles. The van der Waals surface area contributed by atoms with Gasteiger partial charge < -0.3 is 9.64 Å². The van der Waals surface area contributed by atoms with E-state index in [1.165, 1.54) is 32.1 Å². The summed E-state index contributed by atoms with van der Waals surface area (Å²) in [5, 5.41) is 0. The highest BCUT2D eigenvalue weighted by Gasteiger charge is 2.14. The molecule has 0 radical (unpaired) electrons. The first-order valence-corrected chi connectivity index (χ1v) is 6.16. The Kier molecular flexibility index (Phi) is 3.67. The molecular formula is C14H19NO2. The van der Waals surface area contributed by atoms with Crippen LogP contribution in [0.1, 0.15) is 35.2 Å².